The second-order valence-corrected chi connectivity index (χ2v) is 4.59. The number of carbonyl (C=O) groups excluding carboxylic acids is 1. The maximum absolute atomic E-state index is 12.2. The lowest BCUT2D eigenvalue weighted by Crippen LogP contribution is -2.42. The first-order valence-electron chi connectivity index (χ1n) is 6.20. The summed E-state index contributed by atoms with van der Waals surface area (Å²) in [6.45, 7) is 5.45. The lowest BCUT2D eigenvalue weighted by molar-refractivity contribution is -0.137. The average molecular weight is 228 g/mol. The number of hydrogen-bond acceptors (Lipinski definition) is 3. The Labute approximate surface area is 98.1 Å². The van der Waals surface area contributed by atoms with E-state index in [1.165, 1.54) is 0 Å². The van der Waals surface area contributed by atoms with Crippen LogP contribution < -0.4 is 5.73 Å². The largest absolute Gasteiger partial charge is 0.377 e. The second-order valence-electron chi connectivity index (χ2n) is 4.59. The summed E-state index contributed by atoms with van der Waals surface area (Å²) in [6, 6.07) is 0.218. The van der Waals surface area contributed by atoms with Crippen LogP contribution >= 0.6 is 0 Å². The number of amides is 1. The highest BCUT2D eigenvalue weighted by molar-refractivity contribution is 5.79. The number of nitrogens with two attached hydrogens (primary N) is 1. The monoisotopic (exact) mass is 228 g/mol. The molecule has 16 heavy (non-hydrogen) atoms. The van der Waals surface area contributed by atoms with E-state index < -0.39 is 0 Å². The Morgan fingerprint density at radius 1 is 1.62 bits per heavy atom. The van der Waals surface area contributed by atoms with E-state index in [-0.39, 0.29) is 24.0 Å². The standard InChI is InChI=1S/C12H24N2O2/c1-4-11-10(6-8-16-11)12(15)14(3)9(2)5-7-13/h9-11H,4-8,13H2,1-3H3. The van der Waals surface area contributed by atoms with E-state index in [0.29, 0.717) is 13.2 Å². The van der Waals surface area contributed by atoms with Gasteiger partial charge in [-0.05, 0) is 32.7 Å². The van der Waals surface area contributed by atoms with Crippen molar-refractivity contribution in [2.24, 2.45) is 11.7 Å². The highest BCUT2D eigenvalue weighted by Gasteiger charge is 2.35. The molecule has 0 spiro atoms. The number of nitrogens with zero attached hydrogens (tertiary/aromatic N) is 1. The highest BCUT2D eigenvalue weighted by Crippen LogP contribution is 2.25. The minimum Gasteiger partial charge on any atom is -0.377 e. The van der Waals surface area contributed by atoms with Crippen molar-refractivity contribution in [1.29, 1.82) is 0 Å². The van der Waals surface area contributed by atoms with Gasteiger partial charge in [-0.15, -0.1) is 0 Å². The first-order valence-corrected chi connectivity index (χ1v) is 6.20. The van der Waals surface area contributed by atoms with E-state index in [2.05, 4.69) is 6.92 Å². The average Bonchev–Trinajstić information content (AvgIpc) is 2.75. The van der Waals surface area contributed by atoms with Gasteiger partial charge in [-0.1, -0.05) is 6.92 Å². The molecule has 0 aromatic heterocycles. The maximum atomic E-state index is 12.2. The van der Waals surface area contributed by atoms with Crippen molar-refractivity contribution in [3.05, 3.63) is 0 Å². The van der Waals surface area contributed by atoms with Crippen molar-refractivity contribution in [3.8, 4) is 0 Å². The second kappa shape index (κ2) is 6.21. The van der Waals surface area contributed by atoms with Crippen LogP contribution in [0.2, 0.25) is 0 Å². The van der Waals surface area contributed by atoms with E-state index in [1.807, 2.05) is 18.9 Å². The molecular weight excluding hydrogens is 204 g/mol. The Bertz CT molecular complexity index is 233. The molecule has 3 atom stereocenters. The van der Waals surface area contributed by atoms with Crippen molar-refractivity contribution in [3.63, 3.8) is 0 Å². The summed E-state index contributed by atoms with van der Waals surface area (Å²) in [7, 11) is 1.87. The molecule has 0 aliphatic carbocycles. The smallest absolute Gasteiger partial charge is 0.228 e. The van der Waals surface area contributed by atoms with Gasteiger partial charge in [-0.25, -0.2) is 0 Å². The molecule has 1 rings (SSSR count). The third-order valence-corrected chi connectivity index (χ3v) is 3.52. The van der Waals surface area contributed by atoms with Gasteiger partial charge >= 0.3 is 0 Å². The summed E-state index contributed by atoms with van der Waals surface area (Å²) in [5, 5.41) is 0. The quantitative estimate of drug-likeness (QED) is 0.763. The van der Waals surface area contributed by atoms with Crippen molar-refractivity contribution in [2.45, 2.75) is 45.3 Å². The first-order chi connectivity index (χ1) is 7.61. The Balaban J connectivity index is 2.55. The topological polar surface area (TPSA) is 55.6 Å². The van der Waals surface area contributed by atoms with E-state index in [0.717, 1.165) is 19.3 Å². The molecule has 0 aromatic rings. The zero-order valence-electron chi connectivity index (χ0n) is 10.6. The van der Waals surface area contributed by atoms with E-state index >= 15 is 0 Å². The van der Waals surface area contributed by atoms with E-state index in [9.17, 15) is 4.79 Å². The Hall–Kier alpha value is -0.610. The van der Waals surface area contributed by atoms with Crippen LogP contribution in [0.25, 0.3) is 0 Å². The van der Waals surface area contributed by atoms with Gasteiger partial charge in [-0.3, -0.25) is 4.79 Å². The molecule has 4 heteroatoms. The molecule has 1 saturated heterocycles. The van der Waals surface area contributed by atoms with E-state index in [1.54, 1.807) is 0 Å². The highest BCUT2D eigenvalue weighted by atomic mass is 16.5. The third-order valence-electron chi connectivity index (χ3n) is 3.52. The summed E-state index contributed by atoms with van der Waals surface area (Å²) in [5.41, 5.74) is 5.51. The molecule has 0 aromatic carbocycles. The van der Waals surface area contributed by atoms with Gasteiger partial charge in [0.15, 0.2) is 0 Å². The Morgan fingerprint density at radius 3 is 2.88 bits per heavy atom. The molecule has 1 aliphatic rings. The summed E-state index contributed by atoms with van der Waals surface area (Å²) >= 11 is 0. The fourth-order valence-electron chi connectivity index (χ4n) is 2.25. The van der Waals surface area contributed by atoms with Crippen LogP contribution in [0.1, 0.15) is 33.1 Å². The molecule has 0 saturated carbocycles. The molecule has 4 nitrogen and oxygen atoms in total. The predicted molar refractivity (Wildman–Crippen MR) is 64.0 cm³/mol. The van der Waals surface area contributed by atoms with Crippen molar-refractivity contribution in [2.75, 3.05) is 20.2 Å². The van der Waals surface area contributed by atoms with Gasteiger partial charge in [0.25, 0.3) is 0 Å². The van der Waals surface area contributed by atoms with Crippen LogP contribution in [0.3, 0.4) is 0 Å². The van der Waals surface area contributed by atoms with Crippen molar-refractivity contribution >= 4 is 5.91 Å². The summed E-state index contributed by atoms with van der Waals surface area (Å²) in [5.74, 6) is 0.264. The number of hydrogen-bond donors (Lipinski definition) is 1. The van der Waals surface area contributed by atoms with Crippen LogP contribution in [0.4, 0.5) is 0 Å². The minimum atomic E-state index is 0.0511. The van der Waals surface area contributed by atoms with Gasteiger partial charge in [0, 0.05) is 19.7 Å². The molecular formula is C12H24N2O2. The molecule has 1 aliphatic heterocycles. The van der Waals surface area contributed by atoms with Gasteiger partial charge < -0.3 is 15.4 Å². The summed E-state index contributed by atoms with van der Waals surface area (Å²) < 4.78 is 5.55. The van der Waals surface area contributed by atoms with Crippen LogP contribution in [0, 0.1) is 5.92 Å². The molecule has 2 N–H and O–H groups in total. The van der Waals surface area contributed by atoms with E-state index in [4.69, 9.17) is 10.5 Å². The fraction of sp³-hybridized carbons (Fsp3) is 0.917. The molecule has 1 amide bonds. The number of carbonyl (C=O) groups is 1. The molecule has 94 valence electrons. The van der Waals surface area contributed by atoms with Crippen LogP contribution in [0.15, 0.2) is 0 Å². The first kappa shape index (κ1) is 13.5. The van der Waals surface area contributed by atoms with Crippen molar-refractivity contribution < 1.29 is 9.53 Å². The van der Waals surface area contributed by atoms with Crippen LogP contribution in [-0.2, 0) is 9.53 Å². The lowest BCUT2D eigenvalue weighted by atomic mass is 9.97. The Kier molecular flexibility index (Phi) is 5.22. The number of rotatable bonds is 5. The fourth-order valence-corrected chi connectivity index (χ4v) is 2.25. The van der Waals surface area contributed by atoms with Crippen molar-refractivity contribution in [1.82, 2.24) is 4.90 Å². The maximum Gasteiger partial charge on any atom is 0.228 e. The summed E-state index contributed by atoms with van der Waals surface area (Å²) in [6.07, 6.45) is 2.74. The van der Waals surface area contributed by atoms with Crippen LogP contribution in [-0.4, -0.2) is 43.2 Å². The minimum absolute atomic E-state index is 0.0511. The van der Waals surface area contributed by atoms with Gasteiger partial charge in [0.2, 0.25) is 5.91 Å². The van der Waals surface area contributed by atoms with Crippen LogP contribution in [0.5, 0.6) is 0 Å². The van der Waals surface area contributed by atoms with Gasteiger partial charge in [0.1, 0.15) is 0 Å². The Morgan fingerprint density at radius 2 is 2.31 bits per heavy atom. The third kappa shape index (κ3) is 2.95. The van der Waals surface area contributed by atoms with Gasteiger partial charge in [0.05, 0.1) is 12.0 Å². The predicted octanol–water partition coefficient (Wildman–Crippen LogP) is 0.997. The summed E-state index contributed by atoms with van der Waals surface area (Å²) in [4.78, 5) is 14.1. The zero-order valence-corrected chi connectivity index (χ0v) is 10.6. The molecule has 1 fully saturated rings. The molecule has 3 unspecified atom stereocenters. The molecule has 0 radical (unpaired) electrons. The van der Waals surface area contributed by atoms with Gasteiger partial charge in [-0.2, -0.15) is 0 Å². The molecule has 0 bridgehead atoms. The number of ether oxygens (including phenoxy) is 1. The zero-order chi connectivity index (χ0) is 12.1. The molecule has 1 heterocycles. The SMILES string of the molecule is CCC1OCCC1C(=O)N(C)C(C)CCN. The lowest BCUT2D eigenvalue weighted by Gasteiger charge is -2.28. The normalized spacial score (nSPS) is 26.8.